The Labute approximate surface area is 98.2 Å². The molecule has 2 heterocycles. The van der Waals surface area contributed by atoms with Crippen LogP contribution in [0.3, 0.4) is 0 Å². The van der Waals surface area contributed by atoms with E-state index in [1.165, 1.54) is 0 Å². The van der Waals surface area contributed by atoms with Gasteiger partial charge in [0.2, 0.25) is 0 Å². The molecular weight excluding hydrogens is 256 g/mol. The highest BCUT2D eigenvalue weighted by atomic mass is 79.9. The van der Waals surface area contributed by atoms with Gasteiger partial charge in [0.15, 0.2) is 5.82 Å². The van der Waals surface area contributed by atoms with Crippen LogP contribution in [0, 0.1) is 0 Å². The predicted molar refractivity (Wildman–Crippen MR) is 66.0 cm³/mol. The van der Waals surface area contributed by atoms with Crippen molar-refractivity contribution in [3.8, 4) is 0 Å². The van der Waals surface area contributed by atoms with E-state index in [-0.39, 0.29) is 0 Å². The first-order valence-electron chi connectivity index (χ1n) is 4.90. The summed E-state index contributed by atoms with van der Waals surface area (Å²) in [6.07, 6.45) is 1.79. The van der Waals surface area contributed by atoms with E-state index in [0.717, 1.165) is 29.1 Å². The molecule has 0 aromatic carbocycles. The Kier molecular flexibility index (Phi) is 2.84. The van der Waals surface area contributed by atoms with Crippen LogP contribution >= 0.6 is 15.9 Å². The summed E-state index contributed by atoms with van der Waals surface area (Å²) < 4.78 is 0.924. The lowest BCUT2D eigenvalue weighted by molar-refractivity contribution is 0.246. The lowest BCUT2D eigenvalue weighted by Gasteiger charge is -2.43. The van der Waals surface area contributed by atoms with Crippen molar-refractivity contribution < 1.29 is 0 Å². The van der Waals surface area contributed by atoms with Crippen LogP contribution in [-0.4, -0.2) is 43.1 Å². The van der Waals surface area contributed by atoms with Gasteiger partial charge >= 0.3 is 0 Å². The first kappa shape index (κ1) is 10.7. The van der Waals surface area contributed by atoms with E-state index < -0.39 is 0 Å². The van der Waals surface area contributed by atoms with Crippen molar-refractivity contribution in [2.45, 2.75) is 6.04 Å². The molecule has 1 aromatic rings. The molecule has 1 aliphatic rings. The van der Waals surface area contributed by atoms with E-state index in [2.05, 4.69) is 44.8 Å². The van der Waals surface area contributed by atoms with Gasteiger partial charge in [-0.05, 0) is 36.1 Å². The molecule has 1 aliphatic heterocycles. The number of aromatic nitrogens is 1. The van der Waals surface area contributed by atoms with E-state index in [0.29, 0.717) is 6.04 Å². The van der Waals surface area contributed by atoms with Gasteiger partial charge < -0.3 is 15.5 Å². The molecule has 15 heavy (non-hydrogen) atoms. The molecule has 0 atom stereocenters. The van der Waals surface area contributed by atoms with Crippen LogP contribution in [0.2, 0.25) is 0 Å². The number of rotatable bonds is 2. The maximum absolute atomic E-state index is 5.91. The Balaban J connectivity index is 2.07. The van der Waals surface area contributed by atoms with Gasteiger partial charge in [-0.15, -0.1) is 0 Å². The minimum atomic E-state index is 0.620. The van der Waals surface area contributed by atoms with Gasteiger partial charge in [-0.3, -0.25) is 0 Å². The van der Waals surface area contributed by atoms with Crippen molar-refractivity contribution >= 4 is 27.4 Å². The van der Waals surface area contributed by atoms with Crippen LogP contribution in [0.5, 0.6) is 0 Å². The zero-order valence-corrected chi connectivity index (χ0v) is 10.5. The fourth-order valence-electron chi connectivity index (χ4n) is 1.67. The highest BCUT2D eigenvalue weighted by Gasteiger charge is 2.30. The summed E-state index contributed by atoms with van der Waals surface area (Å²) in [6.45, 7) is 2.01. The fourth-order valence-corrected chi connectivity index (χ4v) is 2.02. The Morgan fingerprint density at radius 1 is 1.53 bits per heavy atom. The van der Waals surface area contributed by atoms with Gasteiger partial charge in [-0.1, -0.05) is 0 Å². The minimum Gasteiger partial charge on any atom is -0.396 e. The zero-order chi connectivity index (χ0) is 11.0. The summed E-state index contributed by atoms with van der Waals surface area (Å²) in [5, 5.41) is 0. The van der Waals surface area contributed by atoms with Crippen LogP contribution in [0.1, 0.15) is 0 Å². The average Bonchev–Trinajstić information content (AvgIpc) is 2.05. The number of hydrogen-bond acceptors (Lipinski definition) is 4. The number of likely N-dealkylation sites (N-methyl/N-ethyl adjacent to an activating group) is 1. The number of anilines is 2. The average molecular weight is 271 g/mol. The third-order valence-corrected chi connectivity index (χ3v) is 3.19. The first-order chi connectivity index (χ1) is 7.08. The van der Waals surface area contributed by atoms with Crippen molar-refractivity contribution in [1.29, 1.82) is 0 Å². The molecule has 1 fully saturated rings. The van der Waals surface area contributed by atoms with Gasteiger partial charge in [-0.25, -0.2) is 4.98 Å². The third kappa shape index (κ3) is 2.08. The minimum absolute atomic E-state index is 0.620. The number of nitrogens with zero attached hydrogens (tertiary/aromatic N) is 3. The lowest BCUT2D eigenvalue weighted by Crippen LogP contribution is -2.57. The maximum atomic E-state index is 5.91. The van der Waals surface area contributed by atoms with Crippen LogP contribution in [0.25, 0.3) is 0 Å². The normalized spacial score (nSPS) is 16.9. The van der Waals surface area contributed by atoms with Crippen LogP contribution in [-0.2, 0) is 0 Å². The highest BCUT2D eigenvalue weighted by molar-refractivity contribution is 9.10. The van der Waals surface area contributed by atoms with Gasteiger partial charge in [0.25, 0.3) is 0 Å². The Bertz CT molecular complexity index is 360. The monoisotopic (exact) mass is 270 g/mol. The second-order valence-corrected chi connectivity index (χ2v) is 5.00. The largest absolute Gasteiger partial charge is 0.396 e. The SMILES string of the molecule is CN(C)C1CN(c2ncc(Br)cc2N)C1. The van der Waals surface area contributed by atoms with Crippen molar-refractivity contribution in [1.82, 2.24) is 9.88 Å². The quantitative estimate of drug-likeness (QED) is 0.877. The number of nitrogen functional groups attached to an aromatic ring is 1. The molecule has 0 aliphatic carbocycles. The molecule has 0 radical (unpaired) electrons. The summed E-state index contributed by atoms with van der Waals surface area (Å²) in [4.78, 5) is 8.76. The molecule has 1 aromatic heterocycles. The van der Waals surface area contributed by atoms with E-state index in [1.54, 1.807) is 6.20 Å². The molecule has 4 nitrogen and oxygen atoms in total. The standard InChI is InChI=1S/C10H15BrN4/c1-14(2)8-5-15(6-8)10-9(12)3-7(11)4-13-10/h3-4,8H,5-6,12H2,1-2H3. The van der Waals surface area contributed by atoms with Crippen LogP contribution < -0.4 is 10.6 Å². The van der Waals surface area contributed by atoms with Gasteiger partial charge in [0, 0.05) is 29.8 Å². The number of hydrogen-bond donors (Lipinski definition) is 1. The Morgan fingerprint density at radius 2 is 2.20 bits per heavy atom. The Morgan fingerprint density at radius 3 is 2.73 bits per heavy atom. The lowest BCUT2D eigenvalue weighted by atomic mass is 10.1. The van der Waals surface area contributed by atoms with E-state index in [4.69, 9.17) is 5.73 Å². The molecule has 82 valence electrons. The van der Waals surface area contributed by atoms with E-state index in [1.807, 2.05) is 6.07 Å². The van der Waals surface area contributed by atoms with Gasteiger partial charge in [-0.2, -0.15) is 0 Å². The highest BCUT2D eigenvalue weighted by Crippen LogP contribution is 2.28. The van der Waals surface area contributed by atoms with Gasteiger partial charge in [0.05, 0.1) is 5.69 Å². The maximum Gasteiger partial charge on any atom is 0.151 e. The molecule has 2 rings (SSSR count). The smallest absolute Gasteiger partial charge is 0.151 e. The molecular formula is C10H15BrN4. The second-order valence-electron chi connectivity index (χ2n) is 4.09. The molecule has 5 heteroatoms. The summed E-state index contributed by atoms with van der Waals surface area (Å²) in [5.41, 5.74) is 6.64. The number of halogens is 1. The van der Waals surface area contributed by atoms with Crippen molar-refractivity contribution in [2.75, 3.05) is 37.8 Å². The molecule has 0 spiro atoms. The van der Waals surface area contributed by atoms with Crippen molar-refractivity contribution in [3.05, 3.63) is 16.7 Å². The van der Waals surface area contributed by atoms with Crippen LogP contribution in [0.4, 0.5) is 11.5 Å². The Hall–Kier alpha value is -0.810. The fraction of sp³-hybridized carbons (Fsp3) is 0.500. The summed E-state index contributed by atoms with van der Waals surface area (Å²) in [7, 11) is 4.20. The van der Waals surface area contributed by atoms with E-state index >= 15 is 0 Å². The predicted octanol–water partition coefficient (Wildman–Crippen LogP) is 1.18. The molecule has 0 amide bonds. The van der Waals surface area contributed by atoms with Crippen molar-refractivity contribution in [2.24, 2.45) is 0 Å². The molecule has 0 unspecified atom stereocenters. The molecule has 0 saturated carbocycles. The van der Waals surface area contributed by atoms with Crippen molar-refractivity contribution in [3.63, 3.8) is 0 Å². The molecule has 0 bridgehead atoms. The summed E-state index contributed by atoms with van der Waals surface area (Å²) >= 11 is 3.35. The van der Waals surface area contributed by atoms with E-state index in [9.17, 15) is 0 Å². The summed E-state index contributed by atoms with van der Waals surface area (Å²) in [5.74, 6) is 0.899. The molecule has 1 saturated heterocycles. The second kappa shape index (κ2) is 3.98. The number of nitrogens with two attached hydrogens (primary N) is 1. The molecule has 2 N–H and O–H groups in total. The first-order valence-corrected chi connectivity index (χ1v) is 5.69. The topological polar surface area (TPSA) is 45.4 Å². The van der Waals surface area contributed by atoms with Gasteiger partial charge in [0.1, 0.15) is 0 Å². The third-order valence-electron chi connectivity index (χ3n) is 2.75. The zero-order valence-electron chi connectivity index (χ0n) is 8.94. The number of pyridine rings is 1. The van der Waals surface area contributed by atoms with Crippen LogP contribution in [0.15, 0.2) is 16.7 Å². The summed E-state index contributed by atoms with van der Waals surface area (Å²) in [6, 6.07) is 2.51.